The summed E-state index contributed by atoms with van der Waals surface area (Å²) < 4.78 is 5.18. The van der Waals surface area contributed by atoms with Gasteiger partial charge in [-0.15, -0.1) is 0 Å². The van der Waals surface area contributed by atoms with Crippen molar-refractivity contribution in [1.29, 1.82) is 10.5 Å². The van der Waals surface area contributed by atoms with Crippen LogP contribution in [-0.2, 0) is 6.54 Å². The lowest BCUT2D eigenvalue weighted by molar-refractivity contribution is 0.0824. The van der Waals surface area contributed by atoms with E-state index in [0.717, 1.165) is 31.6 Å². The summed E-state index contributed by atoms with van der Waals surface area (Å²) in [6.45, 7) is 0.857. The molecule has 0 N–H and O–H groups in total. The average molecular weight is 281 g/mol. The Kier molecular flexibility index (Phi) is 3.82. The van der Waals surface area contributed by atoms with E-state index in [1.165, 1.54) is 5.56 Å². The smallest absolute Gasteiger partial charge is 0.118 e. The second kappa shape index (κ2) is 5.76. The highest BCUT2D eigenvalue weighted by Crippen LogP contribution is 2.42. The first-order valence-corrected chi connectivity index (χ1v) is 7.44. The molecule has 2 aliphatic rings. The topological polar surface area (TPSA) is 60.0 Å². The molecule has 4 atom stereocenters. The fourth-order valence-corrected chi connectivity index (χ4v) is 3.81. The van der Waals surface area contributed by atoms with Gasteiger partial charge in [0, 0.05) is 18.6 Å². The van der Waals surface area contributed by atoms with Gasteiger partial charge in [0.15, 0.2) is 0 Å². The summed E-state index contributed by atoms with van der Waals surface area (Å²) in [7, 11) is 1.67. The van der Waals surface area contributed by atoms with Crippen molar-refractivity contribution in [1.82, 2.24) is 4.90 Å². The van der Waals surface area contributed by atoms with Gasteiger partial charge in [0.1, 0.15) is 5.75 Å². The molecule has 1 aromatic rings. The van der Waals surface area contributed by atoms with Gasteiger partial charge in [0.2, 0.25) is 0 Å². The summed E-state index contributed by atoms with van der Waals surface area (Å²) in [5.74, 6) is 0.617. The fraction of sp³-hybridized carbons (Fsp3) is 0.529. The highest BCUT2D eigenvalue weighted by molar-refractivity contribution is 5.27. The highest BCUT2D eigenvalue weighted by atomic mass is 16.5. The number of fused-ring (bicyclic) bond motifs is 2. The number of nitriles is 2. The lowest BCUT2D eigenvalue weighted by atomic mass is 9.81. The number of nitrogens with zero attached hydrogens (tertiary/aromatic N) is 3. The molecule has 4 heteroatoms. The molecule has 0 aromatic heterocycles. The second-order valence-corrected chi connectivity index (χ2v) is 5.95. The Labute approximate surface area is 125 Å². The van der Waals surface area contributed by atoms with E-state index >= 15 is 0 Å². The second-order valence-electron chi connectivity index (χ2n) is 5.95. The van der Waals surface area contributed by atoms with Crippen molar-refractivity contribution in [3.63, 3.8) is 0 Å². The van der Waals surface area contributed by atoms with Crippen LogP contribution < -0.4 is 4.74 Å². The van der Waals surface area contributed by atoms with Crippen LogP contribution in [0.25, 0.3) is 0 Å². The van der Waals surface area contributed by atoms with Crippen molar-refractivity contribution in [2.45, 2.75) is 37.9 Å². The molecule has 0 aliphatic carbocycles. The molecule has 2 fully saturated rings. The van der Waals surface area contributed by atoms with Crippen LogP contribution in [-0.4, -0.2) is 24.1 Å². The molecule has 4 unspecified atom stereocenters. The van der Waals surface area contributed by atoms with E-state index in [2.05, 4.69) is 29.2 Å². The van der Waals surface area contributed by atoms with Gasteiger partial charge in [-0.1, -0.05) is 12.1 Å². The molecule has 0 saturated carbocycles. The molecule has 108 valence electrons. The van der Waals surface area contributed by atoms with E-state index in [0.29, 0.717) is 6.04 Å². The number of methoxy groups -OCH3 is 1. The van der Waals surface area contributed by atoms with Gasteiger partial charge in [-0.3, -0.25) is 4.90 Å². The van der Waals surface area contributed by atoms with E-state index in [9.17, 15) is 10.5 Å². The highest BCUT2D eigenvalue weighted by Gasteiger charge is 2.47. The van der Waals surface area contributed by atoms with Crippen LogP contribution in [0.15, 0.2) is 24.3 Å². The minimum atomic E-state index is -0.146. The molecule has 3 rings (SSSR count). The van der Waals surface area contributed by atoms with Gasteiger partial charge >= 0.3 is 0 Å². The van der Waals surface area contributed by atoms with Crippen LogP contribution in [0.5, 0.6) is 5.75 Å². The first-order chi connectivity index (χ1) is 10.3. The monoisotopic (exact) mass is 281 g/mol. The SMILES string of the molecule is COc1ccc(CN2C3CCC2C(C#N)C(C#N)C3)cc1. The van der Waals surface area contributed by atoms with Crippen molar-refractivity contribution in [2.75, 3.05) is 7.11 Å². The Morgan fingerprint density at radius 2 is 1.95 bits per heavy atom. The van der Waals surface area contributed by atoms with Crippen LogP contribution in [0.4, 0.5) is 0 Å². The summed E-state index contributed by atoms with van der Waals surface area (Å²) in [5, 5.41) is 18.7. The summed E-state index contributed by atoms with van der Waals surface area (Å²) in [6, 6.07) is 13.5. The lowest BCUT2D eigenvalue weighted by Crippen LogP contribution is -2.47. The van der Waals surface area contributed by atoms with Crippen molar-refractivity contribution in [3.05, 3.63) is 29.8 Å². The van der Waals surface area contributed by atoms with Gasteiger partial charge in [-0.25, -0.2) is 0 Å². The predicted octanol–water partition coefficient (Wildman–Crippen LogP) is 2.71. The first-order valence-electron chi connectivity index (χ1n) is 7.44. The zero-order valence-electron chi connectivity index (χ0n) is 12.2. The lowest BCUT2D eigenvalue weighted by Gasteiger charge is -2.39. The molecule has 2 aliphatic heterocycles. The zero-order valence-corrected chi connectivity index (χ0v) is 12.2. The summed E-state index contributed by atoms with van der Waals surface area (Å²) in [4.78, 5) is 2.43. The maximum Gasteiger partial charge on any atom is 0.118 e. The third-order valence-electron chi connectivity index (χ3n) is 4.90. The van der Waals surface area contributed by atoms with Gasteiger partial charge in [-0.2, -0.15) is 10.5 Å². The van der Waals surface area contributed by atoms with Crippen molar-refractivity contribution < 1.29 is 4.74 Å². The predicted molar refractivity (Wildman–Crippen MR) is 78.2 cm³/mol. The number of hydrogen-bond acceptors (Lipinski definition) is 4. The Hall–Kier alpha value is -2.04. The molecule has 2 bridgehead atoms. The molecule has 2 heterocycles. The van der Waals surface area contributed by atoms with E-state index in [1.54, 1.807) is 7.11 Å². The van der Waals surface area contributed by atoms with Crippen molar-refractivity contribution >= 4 is 0 Å². The number of piperidine rings is 1. The molecule has 4 nitrogen and oxygen atoms in total. The van der Waals surface area contributed by atoms with E-state index in [-0.39, 0.29) is 17.9 Å². The van der Waals surface area contributed by atoms with E-state index in [4.69, 9.17) is 4.74 Å². The van der Waals surface area contributed by atoms with Crippen LogP contribution >= 0.6 is 0 Å². The van der Waals surface area contributed by atoms with Crippen LogP contribution in [0.1, 0.15) is 24.8 Å². The van der Waals surface area contributed by atoms with Gasteiger partial charge in [-0.05, 0) is 37.0 Å². The van der Waals surface area contributed by atoms with E-state index < -0.39 is 0 Å². The van der Waals surface area contributed by atoms with E-state index in [1.807, 2.05) is 12.1 Å². The van der Waals surface area contributed by atoms with Gasteiger partial charge in [0.25, 0.3) is 0 Å². The van der Waals surface area contributed by atoms with Gasteiger partial charge in [0.05, 0.1) is 31.1 Å². The zero-order chi connectivity index (χ0) is 14.8. The molecule has 1 aromatic carbocycles. The molecular weight excluding hydrogens is 262 g/mol. The third kappa shape index (κ3) is 2.48. The minimum Gasteiger partial charge on any atom is -0.497 e. The molecule has 0 spiro atoms. The molecular formula is C17H19N3O. The van der Waals surface area contributed by atoms with Gasteiger partial charge < -0.3 is 4.74 Å². The van der Waals surface area contributed by atoms with Crippen molar-refractivity contribution in [2.24, 2.45) is 11.8 Å². The quantitative estimate of drug-likeness (QED) is 0.854. The van der Waals surface area contributed by atoms with Crippen LogP contribution in [0, 0.1) is 34.5 Å². The Morgan fingerprint density at radius 3 is 2.57 bits per heavy atom. The first kappa shape index (κ1) is 13.9. The Bertz CT molecular complexity index is 584. The summed E-state index contributed by atoms with van der Waals surface area (Å²) >= 11 is 0. The average Bonchev–Trinajstić information content (AvgIpc) is 2.80. The van der Waals surface area contributed by atoms with Crippen molar-refractivity contribution in [3.8, 4) is 17.9 Å². The molecule has 2 saturated heterocycles. The Morgan fingerprint density at radius 1 is 1.19 bits per heavy atom. The normalized spacial score (nSPS) is 31.4. The molecule has 0 radical (unpaired) electrons. The molecule has 21 heavy (non-hydrogen) atoms. The minimum absolute atomic E-state index is 0.0976. The summed E-state index contributed by atoms with van der Waals surface area (Å²) in [5.41, 5.74) is 1.24. The summed E-state index contributed by atoms with van der Waals surface area (Å²) in [6.07, 6.45) is 2.98. The largest absolute Gasteiger partial charge is 0.497 e. The Balaban J connectivity index is 1.77. The maximum absolute atomic E-state index is 9.42. The van der Waals surface area contributed by atoms with Crippen LogP contribution in [0.2, 0.25) is 0 Å². The van der Waals surface area contributed by atoms with Crippen LogP contribution in [0.3, 0.4) is 0 Å². The number of benzene rings is 1. The standard InChI is InChI=1S/C17H19N3O/c1-21-15-5-2-12(3-6-15)11-20-14-4-7-17(20)16(10-19)13(8-14)9-18/h2-3,5-6,13-14,16-17H,4,7-8,11H2,1H3. The number of ether oxygens (including phenoxy) is 1. The number of rotatable bonds is 3. The fourth-order valence-electron chi connectivity index (χ4n) is 3.81. The maximum atomic E-state index is 9.42. The third-order valence-corrected chi connectivity index (χ3v) is 4.90. The number of hydrogen-bond donors (Lipinski definition) is 0. The molecule has 0 amide bonds.